The summed E-state index contributed by atoms with van der Waals surface area (Å²) in [7, 11) is 0. The minimum absolute atomic E-state index is 0.306. The van der Waals surface area contributed by atoms with Gasteiger partial charge in [-0.25, -0.2) is 4.98 Å². The molecule has 2 aromatic rings. The number of rotatable bonds is 7. The van der Waals surface area contributed by atoms with Crippen molar-refractivity contribution in [2.45, 2.75) is 32.2 Å². The molecule has 1 heterocycles. The quantitative estimate of drug-likeness (QED) is 0.818. The van der Waals surface area contributed by atoms with E-state index in [0.29, 0.717) is 11.3 Å². The molecule has 0 saturated carbocycles. The van der Waals surface area contributed by atoms with E-state index in [2.05, 4.69) is 17.2 Å². The van der Waals surface area contributed by atoms with Crippen LogP contribution in [-0.2, 0) is 17.6 Å². The van der Waals surface area contributed by atoms with E-state index in [1.807, 2.05) is 30.3 Å². The van der Waals surface area contributed by atoms with Gasteiger partial charge in [0.05, 0.1) is 11.2 Å². The van der Waals surface area contributed by atoms with Crippen LogP contribution < -0.4 is 11.1 Å². The van der Waals surface area contributed by atoms with Gasteiger partial charge in [0.15, 0.2) is 0 Å². The second-order valence-electron chi connectivity index (χ2n) is 4.99. The normalized spacial score (nSPS) is 11.9. The molecule has 6 heteroatoms. The topological polar surface area (TPSA) is 85.1 Å². The molecule has 0 fully saturated rings. The van der Waals surface area contributed by atoms with Crippen LogP contribution in [0.3, 0.4) is 0 Å². The summed E-state index contributed by atoms with van der Waals surface area (Å²) >= 11 is 1.35. The minimum atomic E-state index is -0.730. The van der Waals surface area contributed by atoms with E-state index in [9.17, 15) is 9.59 Å². The Kier molecular flexibility index (Phi) is 5.66. The van der Waals surface area contributed by atoms with Crippen LogP contribution >= 0.6 is 11.3 Å². The van der Waals surface area contributed by atoms with Crippen LogP contribution in [0.1, 0.15) is 33.6 Å². The molecule has 0 spiro atoms. The number of benzene rings is 1. The average molecular weight is 317 g/mol. The van der Waals surface area contributed by atoms with E-state index in [1.165, 1.54) is 11.3 Å². The van der Waals surface area contributed by atoms with Crippen LogP contribution in [0.4, 0.5) is 0 Å². The Hall–Kier alpha value is -2.21. The lowest BCUT2D eigenvalue weighted by Gasteiger charge is -2.14. The van der Waals surface area contributed by atoms with Gasteiger partial charge in [0.25, 0.3) is 5.91 Å². The van der Waals surface area contributed by atoms with Crippen molar-refractivity contribution < 1.29 is 9.59 Å². The van der Waals surface area contributed by atoms with Crippen molar-refractivity contribution >= 4 is 23.2 Å². The van der Waals surface area contributed by atoms with Crippen LogP contribution in [-0.4, -0.2) is 22.8 Å². The third-order valence-corrected chi connectivity index (χ3v) is 4.23. The van der Waals surface area contributed by atoms with Crippen molar-refractivity contribution in [2.75, 3.05) is 0 Å². The first-order valence-corrected chi connectivity index (χ1v) is 8.00. The highest BCUT2D eigenvalue weighted by atomic mass is 32.1. The number of carbonyl (C=O) groups excluding carboxylic acids is 2. The first-order valence-electron chi connectivity index (χ1n) is 7.19. The zero-order chi connectivity index (χ0) is 15.9. The minimum Gasteiger partial charge on any atom is -0.368 e. The van der Waals surface area contributed by atoms with Crippen molar-refractivity contribution in [1.82, 2.24) is 10.3 Å². The van der Waals surface area contributed by atoms with E-state index < -0.39 is 11.9 Å². The van der Waals surface area contributed by atoms with E-state index >= 15 is 0 Å². The number of primary amides is 1. The third-order valence-electron chi connectivity index (χ3n) is 3.17. The molecular formula is C16H19N3O2S. The summed E-state index contributed by atoms with van der Waals surface area (Å²) in [6, 6.07) is 8.73. The number of hydrogen-bond donors (Lipinski definition) is 2. The molecule has 0 aliphatic carbocycles. The molecule has 0 radical (unpaired) electrons. The SMILES string of the molecule is CCCc1ncc(C(=O)N[C@@H](Cc2ccccc2)C(N)=O)s1. The molecular weight excluding hydrogens is 298 g/mol. The lowest BCUT2D eigenvalue weighted by atomic mass is 10.1. The number of carbonyl (C=O) groups is 2. The lowest BCUT2D eigenvalue weighted by molar-refractivity contribution is -0.119. The number of amides is 2. The van der Waals surface area contributed by atoms with E-state index in [0.717, 1.165) is 23.4 Å². The van der Waals surface area contributed by atoms with Crippen molar-refractivity contribution in [3.8, 4) is 0 Å². The second kappa shape index (κ2) is 7.70. The molecule has 0 bridgehead atoms. The van der Waals surface area contributed by atoms with Gasteiger partial charge in [-0.1, -0.05) is 37.3 Å². The van der Waals surface area contributed by atoms with Gasteiger partial charge in [-0.3, -0.25) is 9.59 Å². The van der Waals surface area contributed by atoms with E-state index in [-0.39, 0.29) is 5.91 Å². The van der Waals surface area contributed by atoms with Crippen LogP contribution in [0.2, 0.25) is 0 Å². The maximum Gasteiger partial charge on any atom is 0.263 e. The lowest BCUT2D eigenvalue weighted by Crippen LogP contribution is -2.45. The molecule has 1 aromatic heterocycles. The number of aromatic nitrogens is 1. The predicted octanol–water partition coefficient (Wildman–Crippen LogP) is 1.92. The fourth-order valence-electron chi connectivity index (χ4n) is 2.05. The fourth-order valence-corrected chi connectivity index (χ4v) is 2.97. The molecule has 1 atom stereocenters. The van der Waals surface area contributed by atoms with Crippen molar-refractivity contribution in [3.05, 3.63) is 52.0 Å². The number of nitrogens with one attached hydrogen (secondary N) is 1. The molecule has 5 nitrogen and oxygen atoms in total. The summed E-state index contributed by atoms with van der Waals surface area (Å²) in [5.74, 6) is -0.852. The zero-order valence-electron chi connectivity index (χ0n) is 12.4. The Morgan fingerprint density at radius 1 is 1.32 bits per heavy atom. The Bertz CT molecular complexity index is 640. The fraction of sp³-hybridized carbons (Fsp3) is 0.312. The van der Waals surface area contributed by atoms with Crippen LogP contribution in [0, 0.1) is 0 Å². The summed E-state index contributed by atoms with van der Waals surface area (Å²) in [6.45, 7) is 2.06. The second-order valence-corrected chi connectivity index (χ2v) is 6.10. The Morgan fingerprint density at radius 2 is 2.05 bits per heavy atom. The number of nitrogens with two attached hydrogens (primary N) is 1. The largest absolute Gasteiger partial charge is 0.368 e. The van der Waals surface area contributed by atoms with Gasteiger partial charge >= 0.3 is 0 Å². The highest BCUT2D eigenvalue weighted by molar-refractivity contribution is 7.13. The smallest absolute Gasteiger partial charge is 0.263 e. The summed E-state index contributed by atoms with van der Waals surface area (Å²) in [6.07, 6.45) is 3.75. The molecule has 0 aliphatic heterocycles. The van der Waals surface area contributed by atoms with Gasteiger partial charge in [-0.2, -0.15) is 0 Å². The summed E-state index contributed by atoms with van der Waals surface area (Å²) in [5.41, 5.74) is 6.34. The van der Waals surface area contributed by atoms with Crippen LogP contribution in [0.15, 0.2) is 36.5 Å². The first-order chi connectivity index (χ1) is 10.6. The van der Waals surface area contributed by atoms with E-state index in [4.69, 9.17) is 5.73 Å². The van der Waals surface area contributed by atoms with Gasteiger partial charge in [-0.05, 0) is 18.4 Å². The van der Waals surface area contributed by atoms with E-state index in [1.54, 1.807) is 6.20 Å². The van der Waals surface area contributed by atoms with Gasteiger partial charge < -0.3 is 11.1 Å². The van der Waals surface area contributed by atoms with Gasteiger partial charge in [-0.15, -0.1) is 11.3 Å². The molecule has 0 saturated heterocycles. The molecule has 116 valence electrons. The Balaban J connectivity index is 2.03. The van der Waals surface area contributed by atoms with Crippen molar-refractivity contribution in [2.24, 2.45) is 5.73 Å². The Labute approximate surface area is 133 Å². The van der Waals surface area contributed by atoms with Gasteiger partial charge in [0, 0.05) is 6.42 Å². The highest BCUT2D eigenvalue weighted by Gasteiger charge is 2.20. The van der Waals surface area contributed by atoms with Crippen molar-refractivity contribution in [3.63, 3.8) is 0 Å². The standard InChI is InChI=1S/C16H19N3O2S/c1-2-6-14-18-10-13(22-14)16(21)19-12(15(17)20)9-11-7-4-3-5-8-11/h3-5,7-8,10,12H,2,6,9H2,1H3,(H2,17,20)(H,19,21)/t12-/m0/s1. The molecule has 0 aliphatic rings. The summed E-state index contributed by atoms with van der Waals surface area (Å²) in [5, 5.41) is 3.62. The van der Waals surface area contributed by atoms with Gasteiger partial charge in [0.2, 0.25) is 5.91 Å². The monoisotopic (exact) mass is 317 g/mol. The predicted molar refractivity (Wildman–Crippen MR) is 86.7 cm³/mol. The van der Waals surface area contributed by atoms with Crippen molar-refractivity contribution in [1.29, 1.82) is 0 Å². The highest BCUT2D eigenvalue weighted by Crippen LogP contribution is 2.15. The number of hydrogen-bond acceptors (Lipinski definition) is 4. The maximum absolute atomic E-state index is 12.2. The summed E-state index contributed by atoms with van der Waals surface area (Å²) in [4.78, 5) is 28.5. The molecule has 2 amide bonds. The van der Waals surface area contributed by atoms with Crippen LogP contribution in [0.25, 0.3) is 0 Å². The molecule has 1 aromatic carbocycles. The number of nitrogens with zero attached hydrogens (tertiary/aromatic N) is 1. The first kappa shape index (κ1) is 16.2. The van der Waals surface area contributed by atoms with Crippen LogP contribution in [0.5, 0.6) is 0 Å². The molecule has 3 N–H and O–H groups in total. The van der Waals surface area contributed by atoms with Gasteiger partial charge in [0.1, 0.15) is 10.9 Å². The number of aryl methyl sites for hydroxylation is 1. The summed E-state index contributed by atoms with van der Waals surface area (Å²) < 4.78 is 0. The molecule has 22 heavy (non-hydrogen) atoms. The molecule has 2 rings (SSSR count). The Morgan fingerprint density at radius 3 is 2.68 bits per heavy atom. The average Bonchev–Trinajstić information content (AvgIpc) is 2.96. The third kappa shape index (κ3) is 4.39. The maximum atomic E-state index is 12.2. The molecule has 0 unspecified atom stereocenters. The zero-order valence-corrected chi connectivity index (χ0v) is 13.2. The number of thiazole rings is 1.